The molecule has 2 amide bonds. The molecule has 1 aromatic carbocycles. The quantitative estimate of drug-likeness (QED) is 0.553. The topological polar surface area (TPSA) is 70.6 Å². The van der Waals surface area contributed by atoms with Crippen LogP contribution in [0, 0.1) is 0 Å². The number of ether oxygens (including phenoxy) is 1. The minimum atomic E-state index is -0.605. The van der Waals surface area contributed by atoms with E-state index in [9.17, 15) is 9.90 Å². The highest BCUT2D eigenvalue weighted by Crippen LogP contribution is 2.30. The second-order valence-corrected chi connectivity index (χ2v) is 7.67. The van der Waals surface area contributed by atoms with E-state index in [0.717, 1.165) is 20.4 Å². The van der Waals surface area contributed by atoms with Crippen LogP contribution in [0.25, 0.3) is 0 Å². The third-order valence-electron chi connectivity index (χ3n) is 3.61. The van der Waals surface area contributed by atoms with Crippen molar-refractivity contribution < 1.29 is 14.6 Å². The first-order valence-corrected chi connectivity index (χ1v) is 9.93. The van der Waals surface area contributed by atoms with E-state index < -0.39 is 6.10 Å². The highest BCUT2D eigenvalue weighted by molar-refractivity contribution is 7.12. The Balaban J connectivity index is 1.50. The van der Waals surface area contributed by atoms with Crippen molar-refractivity contribution in [2.24, 2.45) is 0 Å². The predicted molar refractivity (Wildman–Crippen MR) is 106 cm³/mol. The summed E-state index contributed by atoms with van der Waals surface area (Å²) in [5.74, 6) is 0.772. The number of anilines is 1. The number of aliphatic hydroxyl groups is 1. The van der Waals surface area contributed by atoms with Crippen LogP contribution in [0.3, 0.4) is 0 Å². The van der Waals surface area contributed by atoms with Crippen molar-refractivity contribution in [1.29, 1.82) is 0 Å². The Morgan fingerprint density at radius 1 is 1.15 bits per heavy atom. The molecule has 0 aliphatic rings. The van der Waals surface area contributed by atoms with E-state index in [1.165, 1.54) is 22.7 Å². The van der Waals surface area contributed by atoms with Crippen molar-refractivity contribution in [3.05, 3.63) is 68.5 Å². The van der Waals surface area contributed by atoms with E-state index in [4.69, 9.17) is 4.74 Å². The number of urea groups is 1. The third-order valence-corrected chi connectivity index (χ3v) is 5.67. The van der Waals surface area contributed by atoms with Gasteiger partial charge in [-0.25, -0.2) is 4.79 Å². The molecule has 26 heavy (non-hydrogen) atoms. The molecule has 1 unspecified atom stereocenters. The lowest BCUT2D eigenvalue weighted by Crippen LogP contribution is -2.27. The molecule has 3 rings (SSSR count). The summed E-state index contributed by atoms with van der Waals surface area (Å²) in [7, 11) is 0. The Kier molecular flexibility index (Phi) is 6.27. The number of amides is 2. The number of hydrogen-bond acceptors (Lipinski definition) is 5. The molecule has 2 heterocycles. The standard InChI is InChI=1S/C19H20N2O3S2/c1-2-24-14-7-5-13(6-8-14)21-19(23)20-12-15-9-10-17(26-15)18(22)16-4-3-11-25-16/h3-11,18,22H,2,12H2,1H3,(H2,20,21,23). The van der Waals surface area contributed by atoms with Crippen LogP contribution in [-0.4, -0.2) is 17.7 Å². The molecular formula is C19H20N2O3S2. The second-order valence-electron chi connectivity index (χ2n) is 5.49. The first kappa shape index (κ1) is 18.4. The summed E-state index contributed by atoms with van der Waals surface area (Å²) in [6.45, 7) is 2.94. The molecule has 7 heteroatoms. The van der Waals surface area contributed by atoms with Crippen molar-refractivity contribution in [1.82, 2.24) is 5.32 Å². The van der Waals surface area contributed by atoms with E-state index in [2.05, 4.69) is 10.6 Å². The number of thiophene rings is 2. The largest absolute Gasteiger partial charge is 0.494 e. The Hall–Kier alpha value is -2.35. The summed E-state index contributed by atoms with van der Waals surface area (Å²) in [6.07, 6.45) is -0.605. The van der Waals surface area contributed by atoms with E-state index >= 15 is 0 Å². The summed E-state index contributed by atoms with van der Waals surface area (Å²) >= 11 is 3.02. The predicted octanol–water partition coefficient (Wildman–Crippen LogP) is 4.61. The van der Waals surface area contributed by atoms with Gasteiger partial charge in [0.1, 0.15) is 11.9 Å². The Bertz CT molecular complexity index is 829. The van der Waals surface area contributed by atoms with Crippen LogP contribution in [0.15, 0.2) is 53.9 Å². The lowest BCUT2D eigenvalue weighted by molar-refractivity contribution is 0.228. The van der Waals surface area contributed by atoms with Crippen LogP contribution in [0.5, 0.6) is 5.75 Å². The summed E-state index contributed by atoms with van der Waals surface area (Å²) in [5, 5.41) is 17.9. The van der Waals surface area contributed by atoms with Crippen LogP contribution in [0.1, 0.15) is 27.7 Å². The molecule has 2 aromatic heterocycles. The minimum Gasteiger partial charge on any atom is -0.494 e. The molecule has 1 atom stereocenters. The Morgan fingerprint density at radius 3 is 2.65 bits per heavy atom. The zero-order valence-electron chi connectivity index (χ0n) is 14.3. The van der Waals surface area contributed by atoms with E-state index in [1.807, 2.05) is 48.7 Å². The molecule has 0 saturated heterocycles. The maximum atomic E-state index is 12.0. The van der Waals surface area contributed by atoms with Crippen molar-refractivity contribution in [3.8, 4) is 5.75 Å². The smallest absolute Gasteiger partial charge is 0.319 e. The van der Waals surface area contributed by atoms with Gasteiger partial charge in [-0.2, -0.15) is 0 Å². The van der Waals surface area contributed by atoms with Crippen LogP contribution < -0.4 is 15.4 Å². The molecule has 136 valence electrons. The van der Waals surface area contributed by atoms with E-state index in [1.54, 1.807) is 12.1 Å². The molecule has 3 N–H and O–H groups in total. The lowest BCUT2D eigenvalue weighted by Gasteiger charge is -2.08. The number of rotatable bonds is 7. The van der Waals surface area contributed by atoms with E-state index in [0.29, 0.717) is 18.8 Å². The van der Waals surface area contributed by atoms with Gasteiger partial charge in [-0.05, 0) is 54.8 Å². The van der Waals surface area contributed by atoms with Crippen molar-refractivity contribution in [2.45, 2.75) is 19.6 Å². The van der Waals surface area contributed by atoms with Crippen LogP contribution in [-0.2, 0) is 6.54 Å². The van der Waals surface area contributed by atoms with Crippen LogP contribution >= 0.6 is 22.7 Å². The molecule has 3 aromatic rings. The summed E-state index contributed by atoms with van der Waals surface area (Å²) < 4.78 is 5.37. The first-order chi connectivity index (χ1) is 12.7. The number of aliphatic hydroxyl groups excluding tert-OH is 1. The van der Waals surface area contributed by atoms with Crippen molar-refractivity contribution in [2.75, 3.05) is 11.9 Å². The van der Waals surface area contributed by atoms with Crippen molar-refractivity contribution in [3.63, 3.8) is 0 Å². The van der Waals surface area contributed by atoms with Crippen LogP contribution in [0.2, 0.25) is 0 Å². The van der Waals surface area contributed by atoms with Gasteiger partial charge < -0.3 is 20.5 Å². The van der Waals surface area contributed by atoms with Gasteiger partial charge in [0.05, 0.1) is 13.2 Å². The van der Waals surface area contributed by atoms with Crippen molar-refractivity contribution >= 4 is 34.4 Å². The molecule has 0 bridgehead atoms. The average molecular weight is 389 g/mol. The molecule has 0 aliphatic carbocycles. The molecule has 5 nitrogen and oxygen atoms in total. The molecular weight excluding hydrogens is 368 g/mol. The highest BCUT2D eigenvalue weighted by Gasteiger charge is 2.14. The Labute approximate surface area is 160 Å². The fourth-order valence-corrected chi connectivity index (χ4v) is 4.13. The summed E-state index contributed by atoms with van der Waals surface area (Å²) in [6, 6.07) is 14.6. The number of carbonyl (C=O) groups is 1. The van der Waals surface area contributed by atoms with Gasteiger partial charge in [0.2, 0.25) is 0 Å². The molecule has 0 spiro atoms. The van der Waals surface area contributed by atoms with Gasteiger partial charge in [0.25, 0.3) is 0 Å². The van der Waals surface area contributed by atoms with Gasteiger partial charge in [-0.15, -0.1) is 22.7 Å². The van der Waals surface area contributed by atoms with Crippen LogP contribution in [0.4, 0.5) is 10.5 Å². The normalized spacial score (nSPS) is 11.8. The maximum Gasteiger partial charge on any atom is 0.319 e. The molecule has 0 aliphatic heterocycles. The zero-order chi connectivity index (χ0) is 18.4. The molecule has 0 fully saturated rings. The van der Waals surface area contributed by atoms with Gasteiger partial charge in [-0.3, -0.25) is 0 Å². The second kappa shape index (κ2) is 8.84. The number of hydrogen-bond donors (Lipinski definition) is 3. The monoisotopic (exact) mass is 388 g/mol. The summed E-state index contributed by atoms with van der Waals surface area (Å²) in [4.78, 5) is 14.8. The maximum absolute atomic E-state index is 12.0. The minimum absolute atomic E-state index is 0.275. The first-order valence-electron chi connectivity index (χ1n) is 8.23. The average Bonchev–Trinajstić information content (AvgIpc) is 3.33. The fourth-order valence-electron chi connectivity index (χ4n) is 2.37. The van der Waals surface area contributed by atoms with Gasteiger partial charge in [0, 0.05) is 20.3 Å². The summed E-state index contributed by atoms with van der Waals surface area (Å²) in [5.41, 5.74) is 0.700. The van der Waals surface area contributed by atoms with Gasteiger partial charge in [-0.1, -0.05) is 6.07 Å². The molecule has 0 saturated carbocycles. The fraction of sp³-hybridized carbons (Fsp3) is 0.211. The number of carbonyl (C=O) groups excluding carboxylic acids is 1. The number of nitrogens with one attached hydrogen (secondary N) is 2. The SMILES string of the molecule is CCOc1ccc(NC(=O)NCc2ccc(C(O)c3cccs3)s2)cc1. The van der Waals surface area contributed by atoms with Gasteiger partial charge >= 0.3 is 6.03 Å². The molecule has 0 radical (unpaired) electrons. The lowest BCUT2D eigenvalue weighted by atomic mass is 10.2. The third kappa shape index (κ3) is 4.85. The highest BCUT2D eigenvalue weighted by atomic mass is 32.1. The van der Waals surface area contributed by atoms with E-state index in [-0.39, 0.29) is 6.03 Å². The van der Waals surface area contributed by atoms with Gasteiger partial charge in [0.15, 0.2) is 0 Å². The number of benzene rings is 1. The Morgan fingerprint density at radius 2 is 1.96 bits per heavy atom. The zero-order valence-corrected chi connectivity index (χ0v) is 15.9.